The number of anilines is 1. The Labute approximate surface area is 136 Å². The molecule has 1 N–H and O–H groups in total. The molecule has 1 aromatic carbocycles. The number of rotatable bonds is 7. The minimum atomic E-state index is -0.212. The molecule has 1 aromatic heterocycles. The summed E-state index contributed by atoms with van der Waals surface area (Å²) in [6, 6.07) is 12.4. The second-order valence-electron chi connectivity index (χ2n) is 5.44. The van der Waals surface area contributed by atoms with Crippen LogP contribution in [-0.4, -0.2) is 29.3 Å². The van der Waals surface area contributed by atoms with Gasteiger partial charge in [0.1, 0.15) is 0 Å². The van der Waals surface area contributed by atoms with Crippen molar-refractivity contribution in [3.63, 3.8) is 0 Å². The van der Waals surface area contributed by atoms with E-state index in [2.05, 4.69) is 5.32 Å². The number of hydrogen-bond acceptors (Lipinski definition) is 3. The van der Waals surface area contributed by atoms with Gasteiger partial charge in [0.05, 0.1) is 6.26 Å². The van der Waals surface area contributed by atoms with Gasteiger partial charge in [0.2, 0.25) is 5.91 Å². The van der Waals surface area contributed by atoms with E-state index in [4.69, 9.17) is 4.42 Å². The van der Waals surface area contributed by atoms with E-state index in [-0.39, 0.29) is 24.3 Å². The number of nitrogens with zero attached hydrogens (tertiary/aromatic N) is 1. The first-order valence-electron chi connectivity index (χ1n) is 7.81. The number of carbonyl (C=O) groups is 2. The molecular weight excluding hydrogens is 292 g/mol. The molecule has 0 saturated heterocycles. The lowest BCUT2D eigenvalue weighted by Gasteiger charge is -2.28. The molecule has 2 rings (SSSR count). The van der Waals surface area contributed by atoms with Gasteiger partial charge in [-0.15, -0.1) is 0 Å². The van der Waals surface area contributed by atoms with Crippen molar-refractivity contribution in [1.29, 1.82) is 0 Å². The molecule has 0 aliphatic carbocycles. The van der Waals surface area contributed by atoms with Crippen LogP contribution in [0.2, 0.25) is 0 Å². The predicted molar refractivity (Wildman–Crippen MR) is 89.2 cm³/mol. The molecule has 0 saturated carbocycles. The molecule has 1 unspecified atom stereocenters. The fraction of sp³-hybridized carbons (Fsp3) is 0.333. The van der Waals surface area contributed by atoms with Crippen LogP contribution in [0.25, 0.3) is 0 Å². The lowest BCUT2D eigenvalue weighted by atomic mass is 10.1. The van der Waals surface area contributed by atoms with E-state index in [0.717, 1.165) is 12.1 Å². The Hall–Kier alpha value is -2.56. The van der Waals surface area contributed by atoms with Crippen molar-refractivity contribution in [3.8, 4) is 0 Å². The first-order chi connectivity index (χ1) is 11.1. The van der Waals surface area contributed by atoms with E-state index in [9.17, 15) is 9.59 Å². The van der Waals surface area contributed by atoms with E-state index in [1.54, 1.807) is 17.0 Å². The summed E-state index contributed by atoms with van der Waals surface area (Å²) >= 11 is 0. The second kappa shape index (κ2) is 8.17. The number of benzene rings is 1. The van der Waals surface area contributed by atoms with Crippen molar-refractivity contribution in [3.05, 3.63) is 54.5 Å². The maximum atomic E-state index is 12.5. The molecule has 0 fully saturated rings. The van der Waals surface area contributed by atoms with Gasteiger partial charge in [0, 0.05) is 24.7 Å². The Bertz CT molecular complexity index is 623. The van der Waals surface area contributed by atoms with Crippen LogP contribution in [0.4, 0.5) is 5.69 Å². The Morgan fingerprint density at radius 2 is 1.91 bits per heavy atom. The number of para-hydroxylation sites is 1. The van der Waals surface area contributed by atoms with Gasteiger partial charge in [-0.25, -0.2) is 0 Å². The molecule has 122 valence electrons. The van der Waals surface area contributed by atoms with E-state index in [1.165, 1.54) is 6.26 Å². The van der Waals surface area contributed by atoms with Gasteiger partial charge in [-0.1, -0.05) is 25.1 Å². The van der Waals surface area contributed by atoms with Crippen molar-refractivity contribution in [2.45, 2.75) is 32.7 Å². The first-order valence-corrected chi connectivity index (χ1v) is 7.81. The maximum absolute atomic E-state index is 12.5. The molecule has 0 radical (unpaired) electrons. The average molecular weight is 314 g/mol. The minimum Gasteiger partial charge on any atom is -0.459 e. The fourth-order valence-corrected chi connectivity index (χ4v) is 2.42. The van der Waals surface area contributed by atoms with Crippen molar-refractivity contribution in [2.75, 3.05) is 11.9 Å². The molecule has 2 amide bonds. The van der Waals surface area contributed by atoms with Crippen LogP contribution in [0.3, 0.4) is 0 Å². The Morgan fingerprint density at radius 3 is 2.52 bits per heavy atom. The van der Waals surface area contributed by atoms with Crippen LogP contribution < -0.4 is 5.32 Å². The number of carbonyl (C=O) groups excluding carboxylic acids is 2. The lowest BCUT2D eigenvalue weighted by molar-refractivity contribution is -0.117. The topological polar surface area (TPSA) is 62.6 Å². The Morgan fingerprint density at radius 1 is 1.17 bits per heavy atom. The summed E-state index contributed by atoms with van der Waals surface area (Å²) in [6.45, 7) is 4.46. The quantitative estimate of drug-likeness (QED) is 0.850. The van der Waals surface area contributed by atoms with Gasteiger partial charge in [0.25, 0.3) is 5.91 Å². The predicted octanol–water partition coefficient (Wildman–Crippen LogP) is 3.55. The number of furan rings is 1. The monoisotopic (exact) mass is 314 g/mol. The molecule has 5 heteroatoms. The molecule has 1 heterocycles. The Kier molecular flexibility index (Phi) is 5.97. The zero-order valence-corrected chi connectivity index (χ0v) is 13.5. The summed E-state index contributed by atoms with van der Waals surface area (Å²) in [5.41, 5.74) is 0.754. The standard InChI is InChI=1S/C18H22N2O3/c1-3-11-20(18(22)16-10-7-12-23-16)14(2)13-17(21)19-15-8-5-4-6-9-15/h4-10,12,14H,3,11,13H2,1-2H3,(H,19,21). The van der Waals surface area contributed by atoms with Gasteiger partial charge >= 0.3 is 0 Å². The molecule has 0 aliphatic rings. The zero-order chi connectivity index (χ0) is 16.7. The van der Waals surface area contributed by atoms with E-state index < -0.39 is 0 Å². The van der Waals surface area contributed by atoms with Crippen molar-refractivity contribution >= 4 is 17.5 Å². The summed E-state index contributed by atoms with van der Waals surface area (Å²) in [4.78, 5) is 26.3. The Balaban J connectivity index is 1.99. The SMILES string of the molecule is CCCN(C(=O)c1ccco1)C(C)CC(=O)Nc1ccccc1. The highest BCUT2D eigenvalue weighted by Crippen LogP contribution is 2.14. The highest BCUT2D eigenvalue weighted by atomic mass is 16.3. The summed E-state index contributed by atoms with van der Waals surface area (Å²) < 4.78 is 5.18. The average Bonchev–Trinajstić information content (AvgIpc) is 3.07. The summed E-state index contributed by atoms with van der Waals surface area (Å²) in [7, 11) is 0. The summed E-state index contributed by atoms with van der Waals surface area (Å²) in [5, 5.41) is 2.84. The molecule has 0 aliphatic heterocycles. The molecule has 0 bridgehead atoms. The van der Waals surface area contributed by atoms with Crippen LogP contribution in [0.15, 0.2) is 53.1 Å². The highest BCUT2D eigenvalue weighted by molar-refractivity contribution is 5.94. The highest BCUT2D eigenvalue weighted by Gasteiger charge is 2.24. The van der Waals surface area contributed by atoms with E-state index in [0.29, 0.717) is 12.3 Å². The van der Waals surface area contributed by atoms with Gasteiger partial charge in [-0.3, -0.25) is 9.59 Å². The fourth-order valence-electron chi connectivity index (χ4n) is 2.42. The third kappa shape index (κ3) is 4.71. The van der Waals surface area contributed by atoms with Crippen LogP contribution in [0, 0.1) is 0 Å². The van der Waals surface area contributed by atoms with Crippen LogP contribution >= 0.6 is 0 Å². The van der Waals surface area contributed by atoms with Gasteiger partial charge in [-0.05, 0) is 37.6 Å². The third-order valence-corrected chi connectivity index (χ3v) is 3.53. The number of hydrogen-bond donors (Lipinski definition) is 1. The second-order valence-corrected chi connectivity index (χ2v) is 5.44. The van der Waals surface area contributed by atoms with Crippen molar-refractivity contribution < 1.29 is 14.0 Å². The van der Waals surface area contributed by atoms with Crippen molar-refractivity contribution in [2.24, 2.45) is 0 Å². The van der Waals surface area contributed by atoms with Crippen LogP contribution in [0.1, 0.15) is 37.2 Å². The van der Waals surface area contributed by atoms with Crippen LogP contribution in [-0.2, 0) is 4.79 Å². The third-order valence-electron chi connectivity index (χ3n) is 3.53. The van der Waals surface area contributed by atoms with Gasteiger partial charge < -0.3 is 14.6 Å². The largest absolute Gasteiger partial charge is 0.459 e. The molecule has 2 aromatic rings. The lowest BCUT2D eigenvalue weighted by Crippen LogP contribution is -2.41. The van der Waals surface area contributed by atoms with Crippen molar-refractivity contribution in [1.82, 2.24) is 4.90 Å². The minimum absolute atomic E-state index is 0.114. The first kappa shape index (κ1) is 16.8. The summed E-state index contributed by atoms with van der Waals surface area (Å²) in [6.07, 6.45) is 2.53. The van der Waals surface area contributed by atoms with Crippen LogP contribution in [0.5, 0.6) is 0 Å². The summed E-state index contributed by atoms with van der Waals surface area (Å²) in [5.74, 6) is 0.00248. The number of amides is 2. The normalized spacial score (nSPS) is 11.7. The molecular formula is C18H22N2O3. The van der Waals surface area contributed by atoms with Gasteiger partial charge in [0.15, 0.2) is 5.76 Å². The van der Waals surface area contributed by atoms with E-state index >= 15 is 0 Å². The van der Waals surface area contributed by atoms with Gasteiger partial charge in [-0.2, -0.15) is 0 Å². The zero-order valence-electron chi connectivity index (χ0n) is 13.5. The van der Waals surface area contributed by atoms with E-state index in [1.807, 2.05) is 44.2 Å². The smallest absolute Gasteiger partial charge is 0.289 e. The molecule has 0 spiro atoms. The molecule has 1 atom stereocenters. The number of nitrogens with one attached hydrogen (secondary N) is 1. The molecule has 23 heavy (non-hydrogen) atoms. The maximum Gasteiger partial charge on any atom is 0.289 e. The molecule has 5 nitrogen and oxygen atoms in total.